The third-order valence-electron chi connectivity index (χ3n) is 4.99. The number of anilines is 1. The number of hydrogen-bond acceptors (Lipinski definition) is 5. The first-order valence-corrected chi connectivity index (χ1v) is 10.8. The zero-order valence-corrected chi connectivity index (χ0v) is 18.4. The van der Waals surface area contributed by atoms with E-state index in [2.05, 4.69) is 15.6 Å². The molecule has 0 fully saturated rings. The van der Waals surface area contributed by atoms with Gasteiger partial charge < -0.3 is 19.9 Å². The fourth-order valence-corrected chi connectivity index (χ4v) is 3.89. The summed E-state index contributed by atoms with van der Waals surface area (Å²) in [5.41, 5.74) is 1.98. The summed E-state index contributed by atoms with van der Waals surface area (Å²) in [6.45, 7) is 0. The Balaban J connectivity index is 1.51. The molecule has 2 heterocycles. The van der Waals surface area contributed by atoms with Crippen LogP contribution >= 0.6 is 11.3 Å². The molecule has 162 valence electrons. The summed E-state index contributed by atoms with van der Waals surface area (Å²) in [5, 5.41) is 7.75. The number of thiophene rings is 1. The Morgan fingerprint density at radius 3 is 2.38 bits per heavy atom. The highest BCUT2D eigenvalue weighted by atomic mass is 32.1. The number of benzene rings is 2. The fourth-order valence-electron chi connectivity index (χ4n) is 3.27. The van der Waals surface area contributed by atoms with Gasteiger partial charge in [0.2, 0.25) is 0 Å². The summed E-state index contributed by atoms with van der Waals surface area (Å²) in [4.78, 5) is 30.3. The molecule has 0 radical (unpaired) electrons. The van der Waals surface area contributed by atoms with Crippen LogP contribution < -0.4 is 15.4 Å². The summed E-state index contributed by atoms with van der Waals surface area (Å²) in [6.07, 6.45) is 3.53. The summed E-state index contributed by atoms with van der Waals surface area (Å²) >= 11 is 1.37. The van der Waals surface area contributed by atoms with Gasteiger partial charge in [0.1, 0.15) is 17.6 Å². The Morgan fingerprint density at radius 1 is 1.03 bits per heavy atom. The number of carbonyl (C=O) groups excluding carboxylic acids is 2. The van der Waals surface area contributed by atoms with Crippen molar-refractivity contribution in [3.05, 3.63) is 100 Å². The summed E-state index contributed by atoms with van der Waals surface area (Å²) in [6, 6.07) is 17.5. The van der Waals surface area contributed by atoms with E-state index in [0.29, 0.717) is 22.0 Å². The van der Waals surface area contributed by atoms with E-state index in [0.717, 1.165) is 11.3 Å². The topological polar surface area (TPSA) is 85.2 Å². The predicted octanol–water partition coefficient (Wildman–Crippen LogP) is 4.26. The molecule has 0 aliphatic carbocycles. The molecule has 1 atom stereocenters. The lowest BCUT2D eigenvalue weighted by atomic mass is 10.0. The first-order valence-electron chi connectivity index (χ1n) is 9.92. The molecule has 1 unspecified atom stereocenters. The maximum Gasteiger partial charge on any atom is 0.265 e. The van der Waals surface area contributed by atoms with Crippen LogP contribution in [0.4, 0.5) is 5.69 Å². The van der Waals surface area contributed by atoms with Gasteiger partial charge in [-0.3, -0.25) is 9.59 Å². The van der Waals surface area contributed by atoms with E-state index in [1.54, 1.807) is 43.6 Å². The summed E-state index contributed by atoms with van der Waals surface area (Å²) in [5.74, 6) is 1.03. The molecule has 32 heavy (non-hydrogen) atoms. The van der Waals surface area contributed by atoms with Gasteiger partial charge in [0.15, 0.2) is 0 Å². The Morgan fingerprint density at radius 2 is 1.78 bits per heavy atom. The van der Waals surface area contributed by atoms with Crippen molar-refractivity contribution in [2.45, 2.75) is 6.04 Å². The largest absolute Gasteiger partial charge is 0.497 e. The molecule has 4 rings (SSSR count). The smallest absolute Gasteiger partial charge is 0.265 e. The van der Waals surface area contributed by atoms with Crippen molar-refractivity contribution in [1.29, 1.82) is 0 Å². The highest BCUT2D eigenvalue weighted by Crippen LogP contribution is 2.24. The molecule has 0 spiro atoms. The molecule has 2 aromatic carbocycles. The first kappa shape index (κ1) is 21.3. The summed E-state index contributed by atoms with van der Waals surface area (Å²) in [7, 11) is 3.50. The van der Waals surface area contributed by atoms with Gasteiger partial charge in [0.25, 0.3) is 11.8 Å². The average Bonchev–Trinajstić information content (AvgIpc) is 3.50. The lowest BCUT2D eigenvalue weighted by Crippen LogP contribution is -2.31. The van der Waals surface area contributed by atoms with Crippen molar-refractivity contribution in [3.63, 3.8) is 0 Å². The lowest BCUT2D eigenvalue weighted by Gasteiger charge is -2.19. The molecule has 2 aromatic heterocycles. The van der Waals surface area contributed by atoms with Crippen molar-refractivity contribution in [1.82, 2.24) is 14.9 Å². The zero-order valence-electron chi connectivity index (χ0n) is 17.6. The van der Waals surface area contributed by atoms with Gasteiger partial charge in [-0.15, -0.1) is 11.3 Å². The number of amides is 2. The third kappa shape index (κ3) is 4.70. The molecular weight excluding hydrogens is 424 g/mol. The fraction of sp³-hybridized carbons (Fsp3) is 0.125. The van der Waals surface area contributed by atoms with E-state index in [4.69, 9.17) is 4.74 Å². The van der Waals surface area contributed by atoms with Gasteiger partial charge in [-0.2, -0.15) is 0 Å². The highest BCUT2D eigenvalue weighted by Gasteiger charge is 2.21. The molecule has 2 N–H and O–H groups in total. The van der Waals surface area contributed by atoms with Gasteiger partial charge in [-0.25, -0.2) is 4.98 Å². The van der Waals surface area contributed by atoms with Gasteiger partial charge >= 0.3 is 0 Å². The van der Waals surface area contributed by atoms with E-state index in [-0.39, 0.29) is 11.8 Å². The second-order valence-electron chi connectivity index (χ2n) is 7.08. The standard InChI is InChI=1S/C24H22N4O3S/c1-28-14-13-25-22(28)21(16-7-11-19(31-2)12-8-16)27-23(29)17-5-9-18(10-6-17)26-24(30)20-4-3-15-32-20/h3-15,21H,1-2H3,(H,26,30)(H,27,29). The molecule has 0 aliphatic heterocycles. The molecule has 0 saturated heterocycles. The van der Waals surface area contributed by atoms with E-state index >= 15 is 0 Å². The quantitative estimate of drug-likeness (QED) is 0.444. The SMILES string of the molecule is COc1ccc(C(NC(=O)c2ccc(NC(=O)c3cccs3)cc2)c2nccn2C)cc1. The third-order valence-corrected chi connectivity index (χ3v) is 5.86. The minimum Gasteiger partial charge on any atom is -0.497 e. The van der Waals surface area contributed by atoms with Crippen molar-refractivity contribution < 1.29 is 14.3 Å². The maximum atomic E-state index is 13.0. The van der Waals surface area contributed by atoms with Crippen LogP contribution in [-0.2, 0) is 7.05 Å². The number of rotatable bonds is 7. The Kier molecular flexibility index (Phi) is 6.32. The molecule has 4 aromatic rings. The van der Waals surface area contributed by atoms with Gasteiger partial charge in [0.05, 0.1) is 12.0 Å². The number of ether oxygens (including phenoxy) is 1. The minimum absolute atomic E-state index is 0.174. The number of aryl methyl sites for hydroxylation is 1. The Labute approximate surface area is 189 Å². The van der Waals surface area contributed by atoms with E-state index in [1.807, 2.05) is 53.5 Å². The van der Waals surface area contributed by atoms with Gasteiger partial charge in [0, 0.05) is 30.7 Å². The van der Waals surface area contributed by atoms with E-state index < -0.39 is 6.04 Å². The van der Waals surface area contributed by atoms with Crippen LogP contribution in [0.5, 0.6) is 5.75 Å². The van der Waals surface area contributed by atoms with Crippen LogP contribution in [0.3, 0.4) is 0 Å². The Bertz CT molecular complexity index is 1200. The molecule has 8 heteroatoms. The van der Waals surface area contributed by atoms with Crippen molar-refractivity contribution >= 4 is 28.8 Å². The van der Waals surface area contributed by atoms with Crippen LogP contribution in [0.2, 0.25) is 0 Å². The predicted molar refractivity (Wildman–Crippen MR) is 124 cm³/mol. The number of imidazole rings is 1. The number of nitrogens with zero attached hydrogens (tertiary/aromatic N) is 2. The van der Waals surface area contributed by atoms with Crippen LogP contribution in [0.1, 0.15) is 37.5 Å². The number of aromatic nitrogens is 2. The van der Waals surface area contributed by atoms with E-state index in [9.17, 15) is 9.59 Å². The number of methoxy groups -OCH3 is 1. The van der Waals surface area contributed by atoms with Crippen LogP contribution in [0.15, 0.2) is 78.4 Å². The van der Waals surface area contributed by atoms with Crippen molar-refractivity contribution in [3.8, 4) is 5.75 Å². The maximum absolute atomic E-state index is 13.0. The minimum atomic E-state index is -0.438. The lowest BCUT2D eigenvalue weighted by molar-refractivity contribution is 0.0940. The van der Waals surface area contributed by atoms with Crippen molar-refractivity contribution in [2.24, 2.45) is 7.05 Å². The Hall–Kier alpha value is -3.91. The van der Waals surface area contributed by atoms with Crippen molar-refractivity contribution in [2.75, 3.05) is 12.4 Å². The van der Waals surface area contributed by atoms with Gasteiger partial charge in [-0.1, -0.05) is 18.2 Å². The molecular formula is C24H22N4O3S. The summed E-state index contributed by atoms with van der Waals surface area (Å²) < 4.78 is 7.11. The number of hydrogen-bond donors (Lipinski definition) is 2. The van der Waals surface area contributed by atoms with Crippen LogP contribution in [0.25, 0.3) is 0 Å². The second-order valence-corrected chi connectivity index (χ2v) is 8.03. The average molecular weight is 447 g/mol. The second kappa shape index (κ2) is 9.49. The molecule has 0 aliphatic rings. The van der Waals surface area contributed by atoms with Crippen LogP contribution in [0, 0.1) is 0 Å². The molecule has 7 nitrogen and oxygen atoms in total. The normalized spacial score (nSPS) is 11.6. The number of carbonyl (C=O) groups is 2. The zero-order chi connectivity index (χ0) is 22.5. The van der Waals surface area contributed by atoms with Gasteiger partial charge in [-0.05, 0) is 53.4 Å². The molecule has 0 saturated carbocycles. The highest BCUT2D eigenvalue weighted by molar-refractivity contribution is 7.12. The monoisotopic (exact) mass is 446 g/mol. The molecule has 2 amide bonds. The van der Waals surface area contributed by atoms with E-state index in [1.165, 1.54) is 11.3 Å². The molecule has 0 bridgehead atoms. The van der Waals surface area contributed by atoms with Crippen LogP contribution in [-0.4, -0.2) is 28.5 Å². The number of nitrogens with one attached hydrogen (secondary N) is 2. The first-order chi connectivity index (χ1) is 15.5.